The summed E-state index contributed by atoms with van der Waals surface area (Å²) in [4.78, 5) is 64.1. The summed E-state index contributed by atoms with van der Waals surface area (Å²) in [6, 6.07) is -9.48. The minimum atomic E-state index is -2.75. The Bertz CT molecular complexity index is 3100. The van der Waals surface area contributed by atoms with E-state index < -0.39 is 365 Å². The van der Waals surface area contributed by atoms with E-state index in [-0.39, 0.29) is 0 Å². The number of aliphatic hydroxyl groups is 24. The van der Waals surface area contributed by atoms with Gasteiger partial charge in [0.15, 0.2) is 56.6 Å². The Morgan fingerprint density at radius 1 is 0.226 bits per heavy atom. The number of rotatable bonds is 30. The molecule has 9 heterocycles. The number of carbonyl (C=O) groups is 5. The van der Waals surface area contributed by atoms with Crippen molar-refractivity contribution in [3.05, 3.63) is 0 Å². The van der Waals surface area contributed by atoms with E-state index >= 15 is 0 Å². The van der Waals surface area contributed by atoms with Gasteiger partial charge in [-0.1, -0.05) is 0 Å². The maximum absolute atomic E-state index is 13.3. The lowest BCUT2D eigenvalue weighted by Crippen LogP contribution is -2.72. The number of carbonyl (C=O) groups excluding carboxylic acids is 5. The number of hydrogen-bond donors (Lipinski definition) is 29. The largest absolute Gasteiger partial charge is 0.394 e. The van der Waals surface area contributed by atoms with Crippen LogP contribution in [-0.4, -0.2) is 488 Å². The van der Waals surface area contributed by atoms with Crippen molar-refractivity contribution in [1.82, 2.24) is 26.6 Å². The monoisotopic (exact) mass is 1680 g/mol. The first-order valence-electron chi connectivity index (χ1n) is 36.6. The Morgan fingerprint density at radius 2 is 0.496 bits per heavy atom. The maximum Gasteiger partial charge on any atom is 0.217 e. The van der Waals surface area contributed by atoms with Crippen LogP contribution < -0.4 is 26.6 Å². The highest BCUT2D eigenvalue weighted by Crippen LogP contribution is 2.41. The van der Waals surface area contributed by atoms with Gasteiger partial charge in [0.2, 0.25) is 29.5 Å². The smallest absolute Gasteiger partial charge is 0.217 e. The second-order valence-electron chi connectivity index (χ2n) is 28.9. The molecule has 45 atom stereocenters. The van der Waals surface area contributed by atoms with E-state index in [1.54, 1.807) is 0 Å². The molecular formula is C64H107N5O46. The predicted molar refractivity (Wildman–Crippen MR) is 355 cm³/mol. The van der Waals surface area contributed by atoms with Gasteiger partial charge in [0.1, 0.15) is 219 Å². The molecular weight excluding hydrogens is 1570 g/mol. The Balaban J connectivity index is 1.20. The van der Waals surface area contributed by atoms with Crippen molar-refractivity contribution < 1.29 is 227 Å². The standard InChI is InChI=1S/C64H107N5O46/c1-15(78)65-29-42(91)49(25(11-75)100-56(29)98)109-60-33(69-19(5)82)43(92)50(26(12-76)106-60)111-63-48(97)54(114-64-55(115-59-32(68-18(4)81)41(90)36(85)22(8-72)103-59)46(95)51(27(13-77)107-64)110-57-30(66-16(2)79)39(88)34(83)20(6-70)101-57)52(112-58-31(67-17(3)80)40(89)35(84)21(7-71)102-58)28(108-63)14-99-61-47(96)53(38(87)24(10-74)104-61)113-62-45(94)44(93)37(86)23(9-73)105-62/h20-64,70-77,83-98H,6-14H2,1-5H3,(H,65,78)(H,66,79)(H,67,80)(H,68,81)(H,69,82)/t20-,21-,22-,23-,24-,25-,26-,27-,28-,29-,30-,31-,32-,33-,34-,35-,36-,37-,38-,39-,40-,41-,42-,43-,44+,45+,46+,47+,48+,49-,50-,51-,52-,53+,54-,55+,56-,57+,58+,59+,60+,61+,62-,63+,64-/m1/s1. The second kappa shape index (κ2) is 41.5. The molecule has 0 radical (unpaired) electrons. The summed E-state index contributed by atoms with van der Waals surface area (Å²) in [5.74, 6) is -4.63. The van der Waals surface area contributed by atoms with Crippen molar-refractivity contribution in [2.75, 3.05) is 59.5 Å². The van der Waals surface area contributed by atoms with Gasteiger partial charge in [-0.3, -0.25) is 24.0 Å². The Labute approximate surface area is 651 Å². The van der Waals surface area contributed by atoms with Crippen LogP contribution in [0.25, 0.3) is 0 Å². The summed E-state index contributed by atoms with van der Waals surface area (Å²) in [6.07, 6.45) is -86.5. The van der Waals surface area contributed by atoms with Crippen LogP contribution in [0.1, 0.15) is 34.6 Å². The fourth-order valence-corrected chi connectivity index (χ4v) is 14.9. The molecule has 9 aliphatic heterocycles. The first-order valence-corrected chi connectivity index (χ1v) is 36.6. The first kappa shape index (κ1) is 94.6. The molecule has 0 spiro atoms. The number of aliphatic hydroxyl groups excluding tert-OH is 24. The molecule has 115 heavy (non-hydrogen) atoms. The number of hydrogen-bond acceptors (Lipinski definition) is 46. The van der Waals surface area contributed by atoms with E-state index in [4.69, 9.17) is 80.5 Å². The molecule has 5 amide bonds. The zero-order valence-electron chi connectivity index (χ0n) is 62.1. The van der Waals surface area contributed by atoms with E-state index in [0.29, 0.717) is 0 Å². The van der Waals surface area contributed by atoms with Crippen molar-refractivity contribution in [1.29, 1.82) is 0 Å². The van der Waals surface area contributed by atoms with E-state index in [2.05, 4.69) is 26.6 Å². The average molecular weight is 1680 g/mol. The van der Waals surface area contributed by atoms with Crippen LogP contribution in [0.4, 0.5) is 0 Å². The molecule has 0 saturated carbocycles. The molecule has 0 aromatic rings. The summed E-state index contributed by atoms with van der Waals surface area (Å²) < 4.78 is 103. The molecule has 51 heteroatoms. The Kier molecular flexibility index (Phi) is 34.1. The van der Waals surface area contributed by atoms with Crippen LogP contribution in [0.2, 0.25) is 0 Å². The lowest BCUT2D eigenvalue weighted by molar-refractivity contribution is -0.411. The van der Waals surface area contributed by atoms with Crippen molar-refractivity contribution in [3.63, 3.8) is 0 Å². The molecule has 9 saturated heterocycles. The molecule has 9 rings (SSSR count). The lowest BCUT2D eigenvalue weighted by atomic mass is 9.93. The molecule has 9 fully saturated rings. The number of amides is 5. The summed E-state index contributed by atoms with van der Waals surface area (Å²) in [7, 11) is 0. The number of nitrogens with one attached hydrogen (secondary N) is 5. The van der Waals surface area contributed by atoms with Crippen LogP contribution in [0.5, 0.6) is 0 Å². The zero-order valence-corrected chi connectivity index (χ0v) is 62.1. The van der Waals surface area contributed by atoms with Gasteiger partial charge in [-0.2, -0.15) is 0 Å². The second-order valence-corrected chi connectivity index (χ2v) is 28.9. The summed E-state index contributed by atoms with van der Waals surface area (Å²) >= 11 is 0. The lowest BCUT2D eigenvalue weighted by Gasteiger charge is -2.53. The highest BCUT2D eigenvalue weighted by Gasteiger charge is 2.62. The van der Waals surface area contributed by atoms with Crippen LogP contribution >= 0.6 is 0 Å². The van der Waals surface area contributed by atoms with E-state index in [1.165, 1.54) is 0 Å². The quantitative estimate of drug-likeness (QED) is 0.0318. The molecule has 0 unspecified atom stereocenters. The molecule has 9 aliphatic rings. The van der Waals surface area contributed by atoms with Gasteiger partial charge < -0.3 is 230 Å². The molecule has 0 aliphatic carbocycles. The van der Waals surface area contributed by atoms with Gasteiger partial charge in [0, 0.05) is 34.6 Å². The van der Waals surface area contributed by atoms with Crippen LogP contribution in [0, 0.1) is 0 Å². The molecule has 51 nitrogen and oxygen atoms in total. The molecule has 0 bridgehead atoms. The van der Waals surface area contributed by atoms with Gasteiger partial charge >= 0.3 is 0 Å². The van der Waals surface area contributed by atoms with Crippen molar-refractivity contribution in [2.45, 2.75) is 311 Å². The van der Waals surface area contributed by atoms with Gasteiger partial charge in [-0.25, -0.2) is 0 Å². The van der Waals surface area contributed by atoms with Gasteiger partial charge in [-0.05, 0) is 0 Å². The third-order valence-corrected chi connectivity index (χ3v) is 20.8. The zero-order chi connectivity index (χ0) is 84.8. The molecule has 664 valence electrons. The minimum Gasteiger partial charge on any atom is -0.394 e. The predicted octanol–water partition coefficient (Wildman–Crippen LogP) is -19.9. The fourth-order valence-electron chi connectivity index (χ4n) is 14.9. The SMILES string of the molecule is CC(=O)N[C@@H]1[C@@H](O)[C@H](O[C@@H]2O[C@H](CO)[C@@H](O[C@@H]3O[C@H](CO[C@H]4O[C@H](CO)[C@@H](O)[C@H](O[C@H]5O[C@H](CO)[C@@H](O)[C@H](O)[C@@H]5O)[C@@H]4O)[C@@H](O[C@@H]4O[C@H](CO)[C@@H](O)[C@H](O)[C@H]4NC(C)=O)[C@H](O[C@H]4O[C@H](CO)[C@@H](O[C@@H]5O[C@H](CO)[C@@H](O)[C@H](O)[C@H]5NC(C)=O)[C@H](O)[C@@H]4O[C@@H]4O[C@H](CO)[C@@H](O)[C@H](O)[C@H]4NC(C)=O)[C@@H]3O)[C@H](O)[C@H]2NC(C)=O)[C@@H](CO)O[C@H]1O. The molecule has 29 N–H and O–H groups in total. The van der Waals surface area contributed by atoms with Crippen LogP contribution in [0.3, 0.4) is 0 Å². The van der Waals surface area contributed by atoms with Crippen molar-refractivity contribution in [2.24, 2.45) is 0 Å². The summed E-state index contributed by atoms with van der Waals surface area (Å²) in [6.45, 7) is -5.68. The molecule has 0 aromatic carbocycles. The van der Waals surface area contributed by atoms with E-state index in [1.807, 2.05) is 0 Å². The molecule has 0 aromatic heterocycles. The number of ether oxygens (including phenoxy) is 17. The maximum atomic E-state index is 13.3. The minimum absolute atomic E-state index is 0.809. The van der Waals surface area contributed by atoms with Gasteiger partial charge in [-0.15, -0.1) is 0 Å². The van der Waals surface area contributed by atoms with Gasteiger partial charge in [0.05, 0.1) is 59.5 Å². The van der Waals surface area contributed by atoms with Crippen molar-refractivity contribution >= 4 is 29.5 Å². The summed E-state index contributed by atoms with van der Waals surface area (Å²) in [5, 5.41) is 282. The highest BCUT2D eigenvalue weighted by molar-refractivity contribution is 5.75. The first-order chi connectivity index (χ1) is 54.4. The van der Waals surface area contributed by atoms with Crippen LogP contribution in [0.15, 0.2) is 0 Å². The Morgan fingerprint density at radius 3 is 0.913 bits per heavy atom. The topological polar surface area (TPSA) is 788 Å². The summed E-state index contributed by atoms with van der Waals surface area (Å²) in [5.41, 5.74) is 0. The third kappa shape index (κ3) is 21.3. The van der Waals surface area contributed by atoms with E-state index in [9.17, 15) is 147 Å². The fraction of sp³-hybridized carbons (Fsp3) is 0.922. The third-order valence-electron chi connectivity index (χ3n) is 20.8. The normalized spacial score (nSPS) is 47.9. The average Bonchev–Trinajstić information content (AvgIpc) is 0.753. The Hall–Kier alpha value is -4.29. The van der Waals surface area contributed by atoms with Gasteiger partial charge in [0.25, 0.3) is 0 Å². The van der Waals surface area contributed by atoms with Crippen LogP contribution in [-0.2, 0) is 104 Å². The van der Waals surface area contributed by atoms with E-state index in [0.717, 1.165) is 34.6 Å². The van der Waals surface area contributed by atoms with Crippen molar-refractivity contribution in [3.8, 4) is 0 Å². The highest BCUT2D eigenvalue weighted by atomic mass is 16.8.